The molecule has 1 aromatic carbocycles. The number of thioether (sulfide) groups is 1. The molecule has 22 heteroatoms. The summed E-state index contributed by atoms with van der Waals surface area (Å²) in [7, 11) is -4.95. The number of carboxylic acid groups (broad SMARTS) is 1. The minimum atomic E-state index is -4.95. The van der Waals surface area contributed by atoms with Crippen LogP contribution in [0.3, 0.4) is 0 Å². The Labute approximate surface area is 292 Å². The van der Waals surface area contributed by atoms with Gasteiger partial charge >= 0.3 is 10.4 Å². The van der Waals surface area contributed by atoms with E-state index in [1.54, 1.807) is 17.5 Å². The van der Waals surface area contributed by atoms with E-state index in [-0.39, 0.29) is 31.1 Å². The SMILES string of the molecule is CC1(C)C(NC(=O)/C(=N\OCCOc2ccc(-c3cc(CNCCN)n(CCCN)n3)cc2)C2=CSC(N)N2)C(=O)N1OS(=O)(=O)O.O=CO. The van der Waals surface area contributed by atoms with Gasteiger partial charge in [-0.1, -0.05) is 16.9 Å². The third kappa shape index (κ3) is 11.1. The van der Waals surface area contributed by atoms with Crippen molar-refractivity contribution in [3.8, 4) is 17.0 Å². The maximum Gasteiger partial charge on any atom is 0.418 e. The topological polar surface area (TPSA) is 301 Å². The van der Waals surface area contributed by atoms with Gasteiger partial charge < -0.3 is 47.8 Å². The molecule has 2 atom stereocenters. The van der Waals surface area contributed by atoms with Gasteiger partial charge in [0, 0.05) is 37.2 Å². The molecule has 2 unspecified atom stereocenters. The van der Waals surface area contributed by atoms with E-state index in [4.69, 9.17) is 46.3 Å². The molecule has 50 heavy (non-hydrogen) atoms. The Morgan fingerprint density at radius 3 is 2.50 bits per heavy atom. The summed E-state index contributed by atoms with van der Waals surface area (Å²) >= 11 is 1.20. The van der Waals surface area contributed by atoms with Crippen LogP contribution in [-0.2, 0) is 47.0 Å². The minimum absolute atomic E-state index is 0.0282. The van der Waals surface area contributed by atoms with Crippen molar-refractivity contribution in [2.45, 2.75) is 50.4 Å². The molecule has 2 aromatic rings. The van der Waals surface area contributed by atoms with Crippen LogP contribution in [0.4, 0.5) is 0 Å². The molecule has 0 spiro atoms. The predicted octanol–water partition coefficient (Wildman–Crippen LogP) is -1.34. The van der Waals surface area contributed by atoms with Crippen molar-refractivity contribution in [1.82, 2.24) is 30.8 Å². The van der Waals surface area contributed by atoms with E-state index in [0.29, 0.717) is 43.5 Å². The van der Waals surface area contributed by atoms with Crippen molar-refractivity contribution in [3.05, 3.63) is 47.1 Å². The lowest BCUT2D eigenvalue weighted by molar-refractivity contribution is -0.218. The second kappa shape index (κ2) is 18.6. The monoisotopic (exact) mass is 742 g/mol. The fourth-order valence-electron chi connectivity index (χ4n) is 4.64. The van der Waals surface area contributed by atoms with Crippen molar-refractivity contribution in [2.75, 3.05) is 32.8 Å². The molecule has 4 rings (SSSR count). The van der Waals surface area contributed by atoms with E-state index in [9.17, 15) is 18.0 Å². The molecule has 20 nitrogen and oxygen atoms in total. The zero-order valence-electron chi connectivity index (χ0n) is 27.4. The van der Waals surface area contributed by atoms with Crippen LogP contribution in [0.2, 0.25) is 0 Å². The molecule has 276 valence electrons. The number of rotatable bonds is 18. The third-order valence-corrected chi connectivity index (χ3v) is 8.16. The summed E-state index contributed by atoms with van der Waals surface area (Å²) in [6.07, 6.45) is 0.808. The number of benzene rings is 1. The number of oxime groups is 1. The summed E-state index contributed by atoms with van der Waals surface area (Å²) in [5.74, 6) is -1.10. The number of hydroxylamine groups is 2. The van der Waals surface area contributed by atoms with Crippen LogP contribution in [0.25, 0.3) is 11.3 Å². The summed E-state index contributed by atoms with van der Waals surface area (Å²) in [6, 6.07) is 8.25. The van der Waals surface area contributed by atoms with Crippen molar-refractivity contribution >= 4 is 46.2 Å². The Kier molecular flexibility index (Phi) is 15.0. The Hall–Kier alpha value is -4.29. The van der Waals surface area contributed by atoms with E-state index in [1.165, 1.54) is 25.6 Å². The smallest absolute Gasteiger partial charge is 0.418 e. The first-order chi connectivity index (χ1) is 23.7. The average Bonchev–Trinajstić information content (AvgIpc) is 3.69. The molecule has 3 heterocycles. The van der Waals surface area contributed by atoms with Crippen LogP contribution < -0.4 is 37.9 Å². The molecule has 0 bridgehead atoms. The van der Waals surface area contributed by atoms with Gasteiger partial charge in [-0.3, -0.25) is 23.6 Å². The molecule has 2 aliphatic heterocycles. The van der Waals surface area contributed by atoms with Crippen LogP contribution >= 0.6 is 11.8 Å². The largest absolute Gasteiger partial charge is 0.490 e. The zero-order chi connectivity index (χ0) is 36.9. The number of nitrogens with one attached hydrogen (secondary N) is 3. The van der Waals surface area contributed by atoms with Crippen LogP contribution in [0, 0.1) is 0 Å². The summed E-state index contributed by atoms with van der Waals surface area (Å²) in [5, 5.41) is 26.3. The highest BCUT2D eigenvalue weighted by Crippen LogP contribution is 2.33. The second-order valence-corrected chi connectivity index (χ2v) is 13.1. The molecule has 1 saturated heterocycles. The maximum atomic E-state index is 13.2. The number of nitrogens with zero attached hydrogens (tertiary/aromatic N) is 4. The molecular formula is C28H42N10O10S2. The minimum Gasteiger partial charge on any atom is -0.490 e. The first kappa shape index (κ1) is 40.1. The average molecular weight is 743 g/mol. The number of amides is 2. The highest BCUT2D eigenvalue weighted by molar-refractivity contribution is 8.02. The highest BCUT2D eigenvalue weighted by atomic mass is 32.3. The van der Waals surface area contributed by atoms with Crippen molar-refractivity contribution in [1.29, 1.82) is 0 Å². The van der Waals surface area contributed by atoms with Gasteiger partial charge in [0.15, 0.2) is 12.3 Å². The summed E-state index contributed by atoms with van der Waals surface area (Å²) in [4.78, 5) is 39.4. The Balaban J connectivity index is 0.00000217. The summed E-state index contributed by atoms with van der Waals surface area (Å²) in [6.45, 7) is 5.86. The Bertz CT molecular complexity index is 1630. The van der Waals surface area contributed by atoms with Crippen LogP contribution in [0.1, 0.15) is 26.0 Å². The van der Waals surface area contributed by atoms with Gasteiger partial charge in [0.25, 0.3) is 18.3 Å². The number of hydrogen-bond donors (Lipinski definition) is 8. The number of carbonyl (C=O) groups is 3. The quantitative estimate of drug-likeness (QED) is 0.0219. The lowest BCUT2D eigenvalue weighted by atomic mass is 9.84. The molecule has 1 aromatic heterocycles. The number of nitrogens with two attached hydrogens (primary N) is 3. The normalized spacial score (nSPS) is 18.3. The van der Waals surface area contributed by atoms with Gasteiger partial charge in [-0.05, 0) is 57.1 Å². The van der Waals surface area contributed by atoms with E-state index in [1.807, 2.05) is 22.9 Å². The molecule has 2 amide bonds. The molecular weight excluding hydrogens is 701 g/mol. The fourth-order valence-corrected chi connectivity index (χ4v) is 5.75. The first-order valence-electron chi connectivity index (χ1n) is 15.1. The van der Waals surface area contributed by atoms with Gasteiger partial charge in [-0.25, -0.2) is 0 Å². The standard InChI is InChI=1S/C27H40N10O8S2.CH2O2/c1-27(2)23(25(39)37(27)45-47(40,41)42)33-24(38)22(21-16-46-26(30)32-21)35-44-13-12-43-19-6-4-17(5-7-19)20-14-18(15-31-10-9-29)36(34-20)11-3-8-28;2-1-3/h4-7,14,16,23,26,31-32H,3,8-13,15,28-30H2,1-2H3,(H,33,38)(H,40,41,42);1H,(H,2,3)/b35-22-;. The number of aryl methyl sites for hydroxylation is 1. The van der Waals surface area contributed by atoms with Crippen molar-refractivity contribution in [2.24, 2.45) is 22.4 Å². The van der Waals surface area contributed by atoms with Crippen LogP contribution in [0.5, 0.6) is 5.75 Å². The predicted molar refractivity (Wildman–Crippen MR) is 182 cm³/mol. The van der Waals surface area contributed by atoms with Crippen LogP contribution in [-0.4, -0.2) is 107 Å². The van der Waals surface area contributed by atoms with Gasteiger partial charge in [0.05, 0.1) is 22.6 Å². The first-order valence-corrected chi connectivity index (χ1v) is 17.4. The molecule has 1 fully saturated rings. The van der Waals surface area contributed by atoms with Gasteiger partial charge in [-0.15, -0.1) is 4.28 Å². The number of β-lactam (4-membered cyclic amide) rings is 1. The number of carbonyl (C=O) groups excluding carboxylic acids is 2. The number of aromatic nitrogens is 2. The van der Waals surface area contributed by atoms with Crippen LogP contribution in [0.15, 0.2) is 46.6 Å². The van der Waals surface area contributed by atoms with Crippen molar-refractivity contribution < 1.29 is 46.3 Å². The molecule has 0 radical (unpaired) electrons. The second-order valence-electron chi connectivity index (χ2n) is 11.0. The molecule has 11 N–H and O–H groups in total. The number of ether oxygens (including phenoxy) is 1. The molecule has 0 aliphatic carbocycles. The summed E-state index contributed by atoms with van der Waals surface area (Å²) < 4.78 is 43.2. The van der Waals surface area contributed by atoms with Crippen molar-refractivity contribution in [3.63, 3.8) is 0 Å². The van der Waals surface area contributed by atoms with E-state index in [0.717, 1.165) is 23.4 Å². The maximum absolute atomic E-state index is 13.2. The lowest BCUT2D eigenvalue weighted by Crippen LogP contribution is -2.77. The zero-order valence-corrected chi connectivity index (χ0v) is 29.0. The summed E-state index contributed by atoms with van der Waals surface area (Å²) in [5.41, 5.74) is 18.1. The lowest BCUT2D eigenvalue weighted by Gasteiger charge is -2.50. The van der Waals surface area contributed by atoms with E-state index < -0.39 is 39.3 Å². The van der Waals surface area contributed by atoms with E-state index in [2.05, 4.69) is 25.4 Å². The van der Waals surface area contributed by atoms with E-state index >= 15 is 0 Å². The number of hydrogen-bond acceptors (Lipinski definition) is 16. The van der Waals surface area contributed by atoms with Gasteiger partial charge in [0.2, 0.25) is 0 Å². The fraction of sp³-hybridized carbons (Fsp3) is 0.464. The van der Waals surface area contributed by atoms with Gasteiger partial charge in [0.1, 0.15) is 23.9 Å². The molecule has 0 saturated carbocycles. The van der Waals surface area contributed by atoms with Gasteiger partial charge in [-0.2, -0.15) is 18.6 Å². The Morgan fingerprint density at radius 1 is 1.22 bits per heavy atom. The third-order valence-electron chi connectivity index (χ3n) is 7.04. The Morgan fingerprint density at radius 2 is 1.92 bits per heavy atom. The molecule has 2 aliphatic rings. The highest BCUT2D eigenvalue weighted by Gasteiger charge is 2.58.